The van der Waals surface area contributed by atoms with Gasteiger partial charge in [0.15, 0.2) is 0 Å². The topological polar surface area (TPSA) is 84.2 Å². The smallest absolute Gasteiger partial charge is 0.228 e. The largest absolute Gasteiger partial charge is 0.352 e. The molecule has 0 spiro atoms. The summed E-state index contributed by atoms with van der Waals surface area (Å²) in [5.74, 6) is 0.746. The number of carbonyl (C=O) groups excluding carboxylic acids is 2. The summed E-state index contributed by atoms with van der Waals surface area (Å²) in [5.41, 5.74) is 8.86. The van der Waals surface area contributed by atoms with Crippen molar-refractivity contribution in [3.8, 4) is 0 Å². The van der Waals surface area contributed by atoms with Crippen LogP contribution in [0.2, 0.25) is 0 Å². The van der Waals surface area contributed by atoms with Gasteiger partial charge in [0.05, 0.1) is 6.42 Å². The number of nitrogens with one attached hydrogen (secondary N) is 2. The molecule has 1 saturated carbocycles. The Bertz CT molecular complexity index is 587. The molecule has 1 aromatic carbocycles. The molecular formula is C17H24ClN3O2. The van der Waals surface area contributed by atoms with Crippen molar-refractivity contribution >= 4 is 29.9 Å². The molecule has 2 aliphatic rings. The molecule has 0 saturated heterocycles. The molecule has 5 nitrogen and oxygen atoms in total. The number of hydrogen-bond donors (Lipinski definition) is 3. The molecule has 1 aliphatic carbocycles. The van der Waals surface area contributed by atoms with E-state index in [2.05, 4.69) is 16.7 Å². The summed E-state index contributed by atoms with van der Waals surface area (Å²) >= 11 is 0. The molecule has 1 heterocycles. The minimum atomic E-state index is 0. The zero-order chi connectivity index (χ0) is 15.5. The van der Waals surface area contributed by atoms with Crippen LogP contribution in [0.4, 0.5) is 5.69 Å². The Balaban J connectivity index is 0.00000192. The average Bonchev–Trinajstić information content (AvgIpc) is 3.26. The van der Waals surface area contributed by atoms with Crippen molar-refractivity contribution in [2.45, 2.75) is 44.6 Å². The Hall–Kier alpha value is -1.59. The Morgan fingerprint density at radius 3 is 2.87 bits per heavy atom. The van der Waals surface area contributed by atoms with Crippen LogP contribution in [0, 0.1) is 5.92 Å². The number of hydrogen-bond acceptors (Lipinski definition) is 3. The molecule has 0 bridgehead atoms. The van der Waals surface area contributed by atoms with Gasteiger partial charge in [-0.3, -0.25) is 9.59 Å². The number of rotatable bonds is 7. The number of aryl methyl sites for hydroxylation is 1. The SMILES string of the molecule is Cl.NCC(NC(=O)CCCc1ccc2c(c1)CC(=O)N2)C1CC1. The van der Waals surface area contributed by atoms with Crippen LogP contribution < -0.4 is 16.4 Å². The Kier molecular flexibility index (Phi) is 6.02. The second kappa shape index (κ2) is 7.79. The van der Waals surface area contributed by atoms with Crippen molar-refractivity contribution in [1.82, 2.24) is 5.32 Å². The molecule has 4 N–H and O–H groups in total. The maximum atomic E-state index is 11.9. The quantitative estimate of drug-likeness (QED) is 0.709. The molecule has 1 fully saturated rings. The van der Waals surface area contributed by atoms with Crippen LogP contribution in [0.1, 0.15) is 36.8 Å². The van der Waals surface area contributed by atoms with Crippen LogP contribution in [0.3, 0.4) is 0 Å². The van der Waals surface area contributed by atoms with Gasteiger partial charge < -0.3 is 16.4 Å². The predicted octanol–water partition coefficient (Wildman–Crippen LogP) is 1.78. The monoisotopic (exact) mass is 337 g/mol. The highest BCUT2D eigenvalue weighted by molar-refractivity contribution is 5.99. The summed E-state index contributed by atoms with van der Waals surface area (Å²) in [5, 5.41) is 5.87. The van der Waals surface area contributed by atoms with E-state index in [4.69, 9.17) is 5.73 Å². The number of amides is 2. The molecule has 3 rings (SSSR count). The second-order valence-corrected chi connectivity index (χ2v) is 6.32. The van der Waals surface area contributed by atoms with E-state index in [-0.39, 0.29) is 30.3 Å². The lowest BCUT2D eigenvalue weighted by molar-refractivity contribution is -0.122. The minimum Gasteiger partial charge on any atom is -0.352 e. The van der Waals surface area contributed by atoms with Crippen LogP contribution in [0.5, 0.6) is 0 Å². The van der Waals surface area contributed by atoms with E-state index in [1.165, 1.54) is 18.4 Å². The van der Waals surface area contributed by atoms with Crippen molar-refractivity contribution in [1.29, 1.82) is 0 Å². The fourth-order valence-corrected chi connectivity index (χ4v) is 3.04. The summed E-state index contributed by atoms with van der Waals surface area (Å²) < 4.78 is 0. The fourth-order valence-electron chi connectivity index (χ4n) is 3.04. The Morgan fingerprint density at radius 2 is 2.17 bits per heavy atom. The van der Waals surface area contributed by atoms with E-state index in [1.807, 2.05) is 12.1 Å². The van der Waals surface area contributed by atoms with Gasteiger partial charge in [0.25, 0.3) is 0 Å². The first kappa shape index (κ1) is 17.8. The predicted molar refractivity (Wildman–Crippen MR) is 92.7 cm³/mol. The summed E-state index contributed by atoms with van der Waals surface area (Å²) in [6.07, 6.45) is 5.02. The van der Waals surface area contributed by atoms with Gasteiger partial charge >= 0.3 is 0 Å². The molecule has 126 valence electrons. The third-order valence-corrected chi connectivity index (χ3v) is 4.46. The summed E-state index contributed by atoms with van der Waals surface area (Å²) in [4.78, 5) is 23.3. The summed E-state index contributed by atoms with van der Waals surface area (Å²) in [7, 11) is 0. The van der Waals surface area contributed by atoms with E-state index in [0.717, 1.165) is 24.1 Å². The molecule has 1 atom stereocenters. The first-order chi connectivity index (χ1) is 10.7. The highest BCUT2D eigenvalue weighted by Gasteiger charge is 2.30. The van der Waals surface area contributed by atoms with E-state index >= 15 is 0 Å². The van der Waals surface area contributed by atoms with Crippen molar-refractivity contribution < 1.29 is 9.59 Å². The summed E-state index contributed by atoms with van der Waals surface area (Å²) in [6, 6.07) is 6.20. The van der Waals surface area contributed by atoms with Gasteiger partial charge in [-0.2, -0.15) is 0 Å². The Labute approximate surface area is 142 Å². The average molecular weight is 338 g/mol. The molecule has 6 heteroatoms. The van der Waals surface area contributed by atoms with Crippen LogP contribution in [0.15, 0.2) is 18.2 Å². The van der Waals surface area contributed by atoms with E-state index in [1.54, 1.807) is 0 Å². The first-order valence-corrected chi connectivity index (χ1v) is 8.07. The van der Waals surface area contributed by atoms with E-state index < -0.39 is 0 Å². The molecule has 0 aromatic heterocycles. The molecular weight excluding hydrogens is 314 g/mol. The van der Waals surface area contributed by atoms with Gasteiger partial charge in [-0.25, -0.2) is 0 Å². The van der Waals surface area contributed by atoms with Gasteiger partial charge in [0.2, 0.25) is 11.8 Å². The molecule has 1 unspecified atom stereocenters. The van der Waals surface area contributed by atoms with Gasteiger partial charge in [0.1, 0.15) is 0 Å². The third kappa shape index (κ3) is 4.69. The minimum absolute atomic E-state index is 0. The molecule has 23 heavy (non-hydrogen) atoms. The van der Waals surface area contributed by atoms with E-state index in [0.29, 0.717) is 25.3 Å². The maximum Gasteiger partial charge on any atom is 0.228 e. The van der Waals surface area contributed by atoms with Crippen molar-refractivity contribution in [3.63, 3.8) is 0 Å². The van der Waals surface area contributed by atoms with Crippen molar-refractivity contribution in [3.05, 3.63) is 29.3 Å². The molecule has 1 aromatic rings. The highest BCUT2D eigenvalue weighted by atomic mass is 35.5. The van der Waals surface area contributed by atoms with Crippen LogP contribution in [-0.2, 0) is 22.4 Å². The number of nitrogens with two attached hydrogens (primary N) is 1. The number of fused-ring (bicyclic) bond motifs is 1. The second-order valence-electron chi connectivity index (χ2n) is 6.32. The number of carbonyl (C=O) groups is 2. The van der Waals surface area contributed by atoms with Gasteiger partial charge in [0, 0.05) is 24.7 Å². The molecule has 1 aliphatic heterocycles. The van der Waals surface area contributed by atoms with Crippen LogP contribution in [-0.4, -0.2) is 24.4 Å². The van der Waals surface area contributed by atoms with Crippen molar-refractivity contribution in [2.24, 2.45) is 11.7 Å². The lowest BCUT2D eigenvalue weighted by atomic mass is 10.0. The van der Waals surface area contributed by atoms with Gasteiger partial charge in [-0.15, -0.1) is 12.4 Å². The number of anilines is 1. The van der Waals surface area contributed by atoms with Crippen molar-refractivity contribution in [2.75, 3.05) is 11.9 Å². The Morgan fingerprint density at radius 1 is 1.39 bits per heavy atom. The number of halogens is 1. The molecule has 0 radical (unpaired) electrons. The normalized spacial score (nSPS) is 17.0. The zero-order valence-electron chi connectivity index (χ0n) is 13.1. The third-order valence-electron chi connectivity index (χ3n) is 4.46. The first-order valence-electron chi connectivity index (χ1n) is 8.07. The lowest BCUT2D eigenvalue weighted by Crippen LogP contribution is -2.41. The summed E-state index contributed by atoms with van der Waals surface area (Å²) in [6.45, 7) is 0.530. The lowest BCUT2D eigenvalue weighted by Gasteiger charge is -2.15. The van der Waals surface area contributed by atoms with Gasteiger partial charge in [-0.1, -0.05) is 12.1 Å². The molecule has 2 amide bonds. The fraction of sp³-hybridized carbons (Fsp3) is 0.529. The standard InChI is InChI=1S/C17H23N3O2.ClH/c18-10-15(12-5-6-12)20-16(21)3-1-2-11-4-7-14-13(8-11)9-17(22)19-14;/h4,7-8,12,15H,1-3,5-6,9-10,18H2,(H,19,22)(H,20,21);1H. The van der Waals surface area contributed by atoms with Crippen LogP contribution in [0.25, 0.3) is 0 Å². The maximum absolute atomic E-state index is 11.9. The van der Waals surface area contributed by atoms with E-state index in [9.17, 15) is 9.59 Å². The zero-order valence-corrected chi connectivity index (χ0v) is 14.0. The number of benzene rings is 1. The van der Waals surface area contributed by atoms with Crippen LogP contribution >= 0.6 is 12.4 Å². The highest BCUT2D eigenvalue weighted by Crippen LogP contribution is 2.32. The van der Waals surface area contributed by atoms with Gasteiger partial charge in [-0.05, 0) is 48.8 Å².